The maximum absolute atomic E-state index is 12.6. The Morgan fingerprint density at radius 1 is 1.07 bits per heavy atom. The highest BCUT2D eigenvalue weighted by Gasteiger charge is 2.23. The highest BCUT2D eigenvalue weighted by Crippen LogP contribution is 2.27. The van der Waals surface area contributed by atoms with Crippen molar-refractivity contribution >= 4 is 28.3 Å². The van der Waals surface area contributed by atoms with E-state index in [1.54, 1.807) is 11.2 Å². The van der Waals surface area contributed by atoms with Crippen LogP contribution in [0.3, 0.4) is 0 Å². The molecule has 1 saturated heterocycles. The van der Waals surface area contributed by atoms with Crippen molar-refractivity contribution in [1.29, 1.82) is 0 Å². The van der Waals surface area contributed by atoms with E-state index in [4.69, 9.17) is 0 Å². The minimum atomic E-state index is -0.327. The van der Waals surface area contributed by atoms with Crippen molar-refractivity contribution < 1.29 is 4.79 Å². The Labute approximate surface area is 161 Å². The Hall–Kier alpha value is -3.49. The third-order valence-electron chi connectivity index (χ3n) is 4.85. The molecule has 1 aliphatic heterocycles. The molecule has 4 rings (SSSR count). The molecule has 1 aliphatic rings. The molecule has 0 atom stereocenters. The lowest BCUT2D eigenvalue weighted by Gasteiger charge is -2.36. The van der Waals surface area contributed by atoms with Crippen molar-refractivity contribution in [2.75, 3.05) is 50.1 Å². The number of aromatic amines is 1. The van der Waals surface area contributed by atoms with Crippen LogP contribution in [-0.4, -0.2) is 71.0 Å². The number of piperazine rings is 1. The second-order valence-corrected chi connectivity index (χ2v) is 6.87. The summed E-state index contributed by atoms with van der Waals surface area (Å²) < 4.78 is 0. The van der Waals surface area contributed by atoms with E-state index in [1.807, 2.05) is 31.1 Å². The van der Waals surface area contributed by atoms with Crippen LogP contribution >= 0.6 is 0 Å². The molecule has 9 nitrogen and oxygen atoms in total. The molecule has 1 aromatic carbocycles. The largest absolute Gasteiger partial charge is 0.368 e. The van der Waals surface area contributed by atoms with Crippen LogP contribution in [0.4, 0.5) is 11.5 Å². The first-order chi connectivity index (χ1) is 13.5. The van der Waals surface area contributed by atoms with Crippen LogP contribution < -0.4 is 15.4 Å². The van der Waals surface area contributed by atoms with E-state index < -0.39 is 0 Å². The van der Waals surface area contributed by atoms with Gasteiger partial charge in [0.15, 0.2) is 0 Å². The number of rotatable bonds is 3. The Morgan fingerprint density at radius 3 is 2.57 bits per heavy atom. The third kappa shape index (κ3) is 3.38. The fourth-order valence-corrected chi connectivity index (χ4v) is 3.40. The third-order valence-corrected chi connectivity index (χ3v) is 4.85. The summed E-state index contributed by atoms with van der Waals surface area (Å²) in [5.74, 6) is 0.661. The van der Waals surface area contributed by atoms with Gasteiger partial charge in [-0.25, -0.2) is 15.0 Å². The molecule has 0 unspecified atom stereocenters. The van der Waals surface area contributed by atoms with Crippen LogP contribution in [0, 0.1) is 0 Å². The minimum absolute atomic E-state index is 0.177. The van der Waals surface area contributed by atoms with Gasteiger partial charge in [-0.15, -0.1) is 0 Å². The number of anilines is 2. The van der Waals surface area contributed by atoms with Crippen LogP contribution in [-0.2, 0) is 0 Å². The van der Waals surface area contributed by atoms with Crippen LogP contribution in [0.15, 0.2) is 41.7 Å². The average molecular weight is 379 g/mol. The van der Waals surface area contributed by atoms with Gasteiger partial charge in [-0.05, 0) is 18.2 Å². The van der Waals surface area contributed by atoms with Crippen molar-refractivity contribution in [1.82, 2.24) is 24.8 Å². The zero-order chi connectivity index (χ0) is 19.7. The predicted molar refractivity (Wildman–Crippen MR) is 107 cm³/mol. The van der Waals surface area contributed by atoms with Crippen LogP contribution in [0.2, 0.25) is 0 Å². The van der Waals surface area contributed by atoms with Crippen molar-refractivity contribution in [2.45, 2.75) is 0 Å². The number of carbonyl (C=O) groups excluding carboxylic acids is 1. The van der Waals surface area contributed by atoms with E-state index in [0.29, 0.717) is 26.2 Å². The van der Waals surface area contributed by atoms with Gasteiger partial charge >= 0.3 is 0 Å². The molecule has 0 bridgehead atoms. The molecule has 1 fully saturated rings. The zero-order valence-corrected chi connectivity index (χ0v) is 15.8. The zero-order valence-electron chi connectivity index (χ0n) is 15.8. The molecule has 1 N–H and O–H groups in total. The van der Waals surface area contributed by atoms with Gasteiger partial charge in [0.2, 0.25) is 0 Å². The summed E-state index contributed by atoms with van der Waals surface area (Å²) in [6.07, 6.45) is 2.83. The molecule has 9 heteroatoms. The number of hydrogen-bond donors (Lipinski definition) is 1. The molecule has 3 heterocycles. The summed E-state index contributed by atoms with van der Waals surface area (Å²) in [4.78, 5) is 45.0. The highest BCUT2D eigenvalue weighted by atomic mass is 16.2. The summed E-state index contributed by atoms with van der Waals surface area (Å²) in [5, 5.41) is 0.996. The quantitative estimate of drug-likeness (QED) is 0.717. The molecule has 0 spiro atoms. The summed E-state index contributed by atoms with van der Waals surface area (Å²) in [6, 6.07) is 7.38. The second-order valence-electron chi connectivity index (χ2n) is 6.87. The van der Waals surface area contributed by atoms with Gasteiger partial charge in [-0.2, -0.15) is 0 Å². The van der Waals surface area contributed by atoms with E-state index in [-0.39, 0.29) is 17.2 Å². The molecule has 0 saturated carbocycles. The summed E-state index contributed by atoms with van der Waals surface area (Å²) >= 11 is 0. The Kier molecular flexibility index (Phi) is 4.64. The Bertz CT molecular complexity index is 1070. The van der Waals surface area contributed by atoms with Crippen LogP contribution in [0.25, 0.3) is 10.9 Å². The smallest absolute Gasteiger partial charge is 0.272 e. The average Bonchev–Trinajstić information content (AvgIpc) is 2.72. The van der Waals surface area contributed by atoms with Gasteiger partial charge in [0.05, 0.1) is 11.8 Å². The number of hydrogen-bond acceptors (Lipinski definition) is 7. The summed E-state index contributed by atoms with van der Waals surface area (Å²) in [7, 11) is 3.92. The van der Waals surface area contributed by atoms with Gasteiger partial charge in [-0.3, -0.25) is 9.59 Å². The number of H-pyrrole nitrogens is 1. The van der Waals surface area contributed by atoms with E-state index in [0.717, 1.165) is 22.4 Å². The molecular weight excluding hydrogens is 358 g/mol. The maximum atomic E-state index is 12.6. The van der Waals surface area contributed by atoms with E-state index in [2.05, 4.69) is 30.9 Å². The normalized spacial score (nSPS) is 14.4. The fourth-order valence-electron chi connectivity index (χ4n) is 3.40. The lowest BCUT2D eigenvalue weighted by atomic mass is 10.1. The number of amides is 1. The number of aromatic nitrogens is 4. The van der Waals surface area contributed by atoms with Gasteiger partial charge in [0.1, 0.15) is 17.8 Å². The first kappa shape index (κ1) is 17.9. The molecule has 0 radical (unpaired) electrons. The van der Waals surface area contributed by atoms with Gasteiger partial charge in [0.25, 0.3) is 11.5 Å². The molecular formula is C19H21N7O2. The highest BCUT2D eigenvalue weighted by molar-refractivity contribution is 5.93. The molecule has 2 aromatic heterocycles. The molecule has 144 valence electrons. The van der Waals surface area contributed by atoms with E-state index in [9.17, 15) is 9.59 Å². The summed E-state index contributed by atoms with van der Waals surface area (Å²) in [6.45, 7) is 2.53. The number of benzene rings is 1. The monoisotopic (exact) mass is 379 g/mol. The maximum Gasteiger partial charge on any atom is 0.272 e. The van der Waals surface area contributed by atoms with Gasteiger partial charge in [0, 0.05) is 57.4 Å². The standard InChI is InChI=1S/C19H21N7O2/c1-24(2)18-14-9-13(3-4-15(14)20-12-23-18)25-5-7-26(8-6-25)19(28)16-10-17(27)22-11-21-16/h3-4,9-12H,5-8H2,1-2H3,(H,21,22,27). The Balaban J connectivity index is 1.51. The number of carbonyl (C=O) groups is 1. The van der Waals surface area contributed by atoms with Gasteiger partial charge in [-0.1, -0.05) is 0 Å². The number of fused-ring (bicyclic) bond motifs is 1. The van der Waals surface area contributed by atoms with Crippen molar-refractivity contribution in [3.05, 3.63) is 53.0 Å². The molecule has 0 aliphatic carbocycles. The SMILES string of the molecule is CN(C)c1ncnc2ccc(N3CCN(C(=O)c4cc(=O)[nH]cn4)CC3)cc12. The van der Waals surface area contributed by atoms with Crippen molar-refractivity contribution in [3.8, 4) is 0 Å². The lowest BCUT2D eigenvalue weighted by molar-refractivity contribution is 0.0740. The molecule has 1 amide bonds. The molecule has 3 aromatic rings. The number of nitrogens with one attached hydrogen (secondary N) is 1. The Morgan fingerprint density at radius 2 is 1.86 bits per heavy atom. The van der Waals surface area contributed by atoms with Crippen molar-refractivity contribution in [2.24, 2.45) is 0 Å². The van der Waals surface area contributed by atoms with Crippen LogP contribution in [0.5, 0.6) is 0 Å². The second kappa shape index (κ2) is 7.26. The van der Waals surface area contributed by atoms with E-state index >= 15 is 0 Å². The summed E-state index contributed by atoms with van der Waals surface area (Å²) in [5.41, 5.74) is 1.83. The van der Waals surface area contributed by atoms with E-state index in [1.165, 1.54) is 12.4 Å². The fraction of sp³-hybridized carbons (Fsp3) is 0.316. The van der Waals surface area contributed by atoms with Gasteiger partial charge < -0.3 is 19.7 Å². The van der Waals surface area contributed by atoms with Crippen molar-refractivity contribution in [3.63, 3.8) is 0 Å². The number of nitrogens with zero attached hydrogens (tertiary/aromatic N) is 6. The molecule has 28 heavy (non-hydrogen) atoms. The first-order valence-electron chi connectivity index (χ1n) is 9.04. The lowest BCUT2D eigenvalue weighted by Crippen LogP contribution is -2.49. The predicted octanol–water partition coefficient (Wildman–Crippen LogP) is 0.741. The topological polar surface area (TPSA) is 98.3 Å². The minimum Gasteiger partial charge on any atom is -0.368 e. The first-order valence-corrected chi connectivity index (χ1v) is 9.04. The van der Waals surface area contributed by atoms with Crippen LogP contribution in [0.1, 0.15) is 10.5 Å².